The second-order valence-corrected chi connectivity index (χ2v) is 9.28. The summed E-state index contributed by atoms with van der Waals surface area (Å²) in [5.41, 5.74) is 9.30. The summed E-state index contributed by atoms with van der Waals surface area (Å²) >= 11 is 0. The maximum atomic E-state index is 12.6. The molecule has 0 bridgehead atoms. The minimum atomic E-state index is -4.82. The van der Waals surface area contributed by atoms with Crippen molar-refractivity contribution >= 4 is 15.8 Å². The van der Waals surface area contributed by atoms with Crippen molar-refractivity contribution in [3.63, 3.8) is 0 Å². The lowest BCUT2D eigenvalue weighted by Crippen LogP contribution is -2.34. The molecule has 1 unspecified atom stereocenters. The van der Waals surface area contributed by atoms with Crippen molar-refractivity contribution in [2.75, 3.05) is 12.3 Å². The number of alkyl halides is 3. The second-order valence-electron chi connectivity index (χ2n) is 7.51. The Kier molecular flexibility index (Phi) is 6.77. The van der Waals surface area contributed by atoms with Crippen molar-refractivity contribution in [1.82, 2.24) is 24.5 Å². The summed E-state index contributed by atoms with van der Waals surface area (Å²) in [6, 6.07) is 4.25. The maximum absolute atomic E-state index is 12.6. The van der Waals surface area contributed by atoms with E-state index in [1.807, 2.05) is 0 Å². The van der Waals surface area contributed by atoms with E-state index in [9.17, 15) is 21.6 Å². The molecule has 2 heterocycles. The summed E-state index contributed by atoms with van der Waals surface area (Å²) in [5.74, 6) is 0.182. The molecule has 9 nitrogen and oxygen atoms in total. The number of aliphatic hydroxyl groups excluding tert-OH is 1. The summed E-state index contributed by atoms with van der Waals surface area (Å²) in [6.45, 7) is 2.97. The Labute approximate surface area is 188 Å². The Morgan fingerprint density at radius 3 is 2.55 bits per heavy atom. The molecule has 3 aromatic rings. The van der Waals surface area contributed by atoms with Crippen LogP contribution in [-0.2, 0) is 17.1 Å². The van der Waals surface area contributed by atoms with Gasteiger partial charge in [-0.2, -0.15) is 18.3 Å². The van der Waals surface area contributed by atoms with E-state index in [-0.39, 0.29) is 10.7 Å². The van der Waals surface area contributed by atoms with Crippen molar-refractivity contribution < 1.29 is 26.7 Å². The molecule has 2 aromatic heterocycles. The third kappa shape index (κ3) is 5.49. The first kappa shape index (κ1) is 24.6. The third-order valence-corrected chi connectivity index (χ3v) is 6.41. The van der Waals surface area contributed by atoms with Crippen molar-refractivity contribution in [2.45, 2.75) is 37.4 Å². The highest BCUT2D eigenvalue weighted by molar-refractivity contribution is 7.89. The summed E-state index contributed by atoms with van der Waals surface area (Å²) in [7, 11) is -2.38. The molecule has 33 heavy (non-hydrogen) atoms. The quantitative estimate of drug-likeness (QED) is 0.468. The average molecular weight is 485 g/mol. The predicted molar refractivity (Wildman–Crippen MR) is 115 cm³/mol. The van der Waals surface area contributed by atoms with Gasteiger partial charge in [0.15, 0.2) is 6.10 Å². The number of nitrogens with zero attached hydrogens (tertiary/aromatic N) is 4. The number of benzene rings is 1. The zero-order valence-electron chi connectivity index (χ0n) is 18.1. The van der Waals surface area contributed by atoms with E-state index < -0.39 is 35.3 Å². The highest BCUT2D eigenvalue weighted by Crippen LogP contribution is 2.30. The molecule has 3 rings (SSSR count). The molecular formula is C20H23F3N6O3S. The summed E-state index contributed by atoms with van der Waals surface area (Å²) in [6.07, 6.45) is -5.09. The van der Waals surface area contributed by atoms with Gasteiger partial charge in [-0.05, 0) is 38.0 Å². The first-order valence-electron chi connectivity index (χ1n) is 9.78. The molecule has 1 aromatic carbocycles. The van der Waals surface area contributed by atoms with Crippen LogP contribution >= 0.6 is 0 Å². The number of nitrogens with two attached hydrogens (primary N) is 1. The lowest BCUT2D eigenvalue weighted by Gasteiger charge is -2.15. The number of aryl methyl sites for hydroxylation is 3. The van der Waals surface area contributed by atoms with Gasteiger partial charge < -0.3 is 10.8 Å². The fourth-order valence-corrected chi connectivity index (χ4v) is 4.25. The average Bonchev–Trinajstić information content (AvgIpc) is 3.05. The number of hydrogen-bond acceptors (Lipinski definition) is 7. The van der Waals surface area contributed by atoms with Crippen LogP contribution in [0.25, 0.3) is 22.5 Å². The van der Waals surface area contributed by atoms with Crippen LogP contribution in [0.4, 0.5) is 19.0 Å². The van der Waals surface area contributed by atoms with E-state index in [4.69, 9.17) is 10.8 Å². The largest absolute Gasteiger partial charge is 0.414 e. The molecule has 13 heteroatoms. The fourth-order valence-electron chi connectivity index (χ4n) is 3.18. The van der Waals surface area contributed by atoms with E-state index >= 15 is 0 Å². The standard InChI is InChI=1S/C20H23F3N6O3S/c1-11-4-5-13(33(31,32)26-7-6-17(30)20(21,22)23)8-14(11)16-9-25-19(24)18(27-16)15-10-29(3)28-12(15)2/h4-5,8-10,17,26,30H,6-7H2,1-3H3,(H2,24,25). The van der Waals surface area contributed by atoms with E-state index in [1.165, 1.54) is 18.3 Å². The van der Waals surface area contributed by atoms with Gasteiger partial charge in [0, 0.05) is 30.9 Å². The van der Waals surface area contributed by atoms with Crippen molar-refractivity contribution in [3.8, 4) is 22.5 Å². The van der Waals surface area contributed by atoms with E-state index in [0.717, 1.165) is 0 Å². The number of anilines is 1. The zero-order valence-corrected chi connectivity index (χ0v) is 18.9. The van der Waals surface area contributed by atoms with Gasteiger partial charge in [0.2, 0.25) is 10.0 Å². The first-order chi connectivity index (χ1) is 15.3. The fraction of sp³-hybridized carbons (Fsp3) is 0.350. The topological polar surface area (TPSA) is 136 Å². The molecule has 0 aliphatic heterocycles. The highest BCUT2D eigenvalue weighted by atomic mass is 32.2. The van der Waals surface area contributed by atoms with Crippen LogP contribution in [0.3, 0.4) is 0 Å². The van der Waals surface area contributed by atoms with Crippen molar-refractivity contribution in [2.24, 2.45) is 7.05 Å². The third-order valence-electron chi connectivity index (χ3n) is 4.95. The molecule has 0 fully saturated rings. The van der Waals surface area contributed by atoms with Gasteiger partial charge in [0.25, 0.3) is 0 Å². The molecule has 0 amide bonds. The number of aliphatic hydroxyl groups is 1. The van der Waals surface area contributed by atoms with Crippen LogP contribution in [0.2, 0.25) is 0 Å². The Morgan fingerprint density at radius 1 is 1.24 bits per heavy atom. The van der Waals surface area contributed by atoms with E-state index in [2.05, 4.69) is 19.8 Å². The smallest absolute Gasteiger partial charge is 0.384 e. The molecule has 0 aliphatic carbocycles. The SMILES string of the molecule is Cc1ccc(S(=O)(=O)NCCC(O)C(F)(F)F)cc1-c1cnc(N)c(-c2cn(C)nc2C)n1. The Balaban J connectivity index is 1.92. The van der Waals surface area contributed by atoms with Crippen LogP contribution in [0.5, 0.6) is 0 Å². The summed E-state index contributed by atoms with van der Waals surface area (Å²) in [4.78, 5) is 8.59. The summed E-state index contributed by atoms with van der Waals surface area (Å²) < 4.78 is 66.2. The number of nitrogens with one attached hydrogen (secondary N) is 1. The minimum absolute atomic E-state index is 0.165. The molecule has 178 valence electrons. The lowest BCUT2D eigenvalue weighted by molar-refractivity contribution is -0.204. The zero-order chi connectivity index (χ0) is 24.6. The van der Waals surface area contributed by atoms with Gasteiger partial charge in [0.1, 0.15) is 11.5 Å². The lowest BCUT2D eigenvalue weighted by atomic mass is 10.1. The molecule has 0 radical (unpaired) electrons. The van der Waals surface area contributed by atoms with Crippen molar-refractivity contribution in [3.05, 3.63) is 41.9 Å². The molecule has 0 saturated carbocycles. The second kappa shape index (κ2) is 9.08. The van der Waals surface area contributed by atoms with Gasteiger partial charge in [0.05, 0.1) is 22.5 Å². The molecule has 1 atom stereocenters. The Bertz CT molecular complexity index is 1270. The number of rotatable bonds is 7. The Hall–Kier alpha value is -3.03. The number of sulfonamides is 1. The minimum Gasteiger partial charge on any atom is -0.384 e. The van der Waals surface area contributed by atoms with Gasteiger partial charge in [-0.1, -0.05) is 6.07 Å². The predicted octanol–water partition coefficient (Wildman–Crippen LogP) is 2.33. The highest BCUT2D eigenvalue weighted by Gasteiger charge is 2.37. The van der Waals surface area contributed by atoms with Gasteiger partial charge in [-0.15, -0.1) is 0 Å². The van der Waals surface area contributed by atoms with Crippen LogP contribution in [0.15, 0.2) is 35.5 Å². The van der Waals surface area contributed by atoms with Gasteiger partial charge in [-0.25, -0.2) is 23.1 Å². The number of aromatic nitrogens is 4. The number of nitrogen functional groups attached to an aromatic ring is 1. The number of hydrogen-bond donors (Lipinski definition) is 3. The number of halogens is 3. The van der Waals surface area contributed by atoms with Crippen molar-refractivity contribution in [1.29, 1.82) is 0 Å². The van der Waals surface area contributed by atoms with Gasteiger partial charge in [-0.3, -0.25) is 4.68 Å². The Morgan fingerprint density at radius 2 is 1.94 bits per heavy atom. The van der Waals surface area contributed by atoms with E-state index in [1.54, 1.807) is 37.8 Å². The molecule has 4 N–H and O–H groups in total. The van der Waals surface area contributed by atoms with Crippen LogP contribution in [-0.4, -0.2) is 52.1 Å². The van der Waals surface area contributed by atoms with Crippen LogP contribution < -0.4 is 10.5 Å². The molecule has 0 saturated heterocycles. The molecule has 0 aliphatic rings. The summed E-state index contributed by atoms with van der Waals surface area (Å²) in [5, 5.41) is 13.3. The van der Waals surface area contributed by atoms with E-state index in [0.29, 0.717) is 33.8 Å². The molecular weight excluding hydrogens is 461 g/mol. The van der Waals surface area contributed by atoms with Crippen LogP contribution in [0.1, 0.15) is 17.7 Å². The maximum Gasteiger partial charge on any atom is 0.414 e. The van der Waals surface area contributed by atoms with Gasteiger partial charge >= 0.3 is 6.18 Å². The normalized spacial score (nSPS) is 13.3. The van der Waals surface area contributed by atoms with Crippen LogP contribution in [0, 0.1) is 13.8 Å². The first-order valence-corrected chi connectivity index (χ1v) is 11.3. The monoisotopic (exact) mass is 484 g/mol. The molecule has 0 spiro atoms.